The molecule has 3 N–H and O–H groups in total. The summed E-state index contributed by atoms with van der Waals surface area (Å²) in [6, 6.07) is 15.9. The van der Waals surface area contributed by atoms with Gasteiger partial charge in [0.25, 0.3) is 5.91 Å². The van der Waals surface area contributed by atoms with Crippen LogP contribution < -0.4 is 15.4 Å². The third kappa shape index (κ3) is 4.19. The SMILES string of the molecule is COCCNC(=O)c1ccc(C2=NC(C)Nc3[nH]c4cc(-c5c(C)noc5C)c(OC)cc4c32)c2ccccc12. The van der Waals surface area contributed by atoms with Crippen molar-refractivity contribution in [3.05, 3.63) is 76.7 Å². The van der Waals surface area contributed by atoms with Gasteiger partial charge < -0.3 is 29.6 Å². The van der Waals surface area contributed by atoms with Gasteiger partial charge in [-0.3, -0.25) is 9.79 Å². The molecule has 0 aliphatic carbocycles. The van der Waals surface area contributed by atoms with E-state index in [1.807, 2.05) is 63.2 Å². The predicted octanol–water partition coefficient (Wildman–Crippen LogP) is 5.59. The van der Waals surface area contributed by atoms with Crippen LogP contribution in [0.25, 0.3) is 32.8 Å². The molecular formula is C31H31N5O4. The largest absolute Gasteiger partial charge is 0.496 e. The molecule has 1 atom stereocenters. The molecule has 1 aliphatic rings. The van der Waals surface area contributed by atoms with E-state index >= 15 is 0 Å². The number of aliphatic imine (C=N–C) groups is 1. The number of anilines is 1. The summed E-state index contributed by atoms with van der Waals surface area (Å²) < 4.78 is 16.4. The zero-order valence-electron chi connectivity index (χ0n) is 23.1. The van der Waals surface area contributed by atoms with E-state index in [4.69, 9.17) is 19.0 Å². The van der Waals surface area contributed by atoms with Crippen molar-refractivity contribution >= 4 is 39.1 Å². The van der Waals surface area contributed by atoms with Crippen LogP contribution in [0.5, 0.6) is 5.75 Å². The van der Waals surface area contributed by atoms with Gasteiger partial charge in [-0.15, -0.1) is 0 Å². The van der Waals surface area contributed by atoms with Crippen LogP contribution in [0.3, 0.4) is 0 Å². The lowest BCUT2D eigenvalue weighted by Gasteiger charge is -2.22. The van der Waals surface area contributed by atoms with E-state index in [-0.39, 0.29) is 12.1 Å². The van der Waals surface area contributed by atoms with Gasteiger partial charge in [0.05, 0.1) is 36.2 Å². The highest BCUT2D eigenvalue weighted by Crippen LogP contribution is 2.42. The number of ether oxygens (including phenoxy) is 2. The molecule has 204 valence electrons. The number of nitrogens with zero attached hydrogens (tertiary/aromatic N) is 2. The molecule has 0 spiro atoms. The maximum atomic E-state index is 13.0. The van der Waals surface area contributed by atoms with Crippen molar-refractivity contribution in [2.24, 2.45) is 4.99 Å². The standard InChI is InChI=1S/C31H31N5O4/c1-16-27(17(2)40-36-16)24-14-25-23(15-26(24)39-5)28-29(33-18(3)34-30(28)35-25)21-10-11-22(31(37)32-12-13-38-4)20-9-7-6-8-19(20)21/h6-11,14-15,18,34-35H,12-13H2,1-5H3,(H,32,37). The minimum absolute atomic E-state index is 0.134. The summed E-state index contributed by atoms with van der Waals surface area (Å²) >= 11 is 0. The Morgan fingerprint density at radius 2 is 1.82 bits per heavy atom. The van der Waals surface area contributed by atoms with Crippen LogP contribution in [0, 0.1) is 13.8 Å². The summed E-state index contributed by atoms with van der Waals surface area (Å²) in [7, 11) is 3.28. The lowest BCUT2D eigenvalue weighted by molar-refractivity contribution is 0.0938. The molecule has 3 heterocycles. The molecule has 1 aliphatic heterocycles. The number of nitrogens with one attached hydrogen (secondary N) is 3. The number of methoxy groups -OCH3 is 2. The second-order valence-corrected chi connectivity index (χ2v) is 9.93. The molecule has 1 amide bonds. The molecule has 6 rings (SSSR count). The number of rotatable bonds is 7. The smallest absolute Gasteiger partial charge is 0.251 e. The highest BCUT2D eigenvalue weighted by molar-refractivity contribution is 6.28. The quantitative estimate of drug-likeness (QED) is 0.233. The zero-order valence-corrected chi connectivity index (χ0v) is 23.1. The van der Waals surface area contributed by atoms with Gasteiger partial charge in [-0.05, 0) is 49.7 Å². The molecule has 9 nitrogen and oxygen atoms in total. The molecule has 3 aromatic carbocycles. The van der Waals surface area contributed by atoms with Crippen LogP contribution in [0.15, 0.2) is 58.0 Å². The van der Waals surface area contributed by atoms with Gasteiger partial charge in [0, 0.05) is 41.2 Å². The first-order chi connectivity index (χ1) is 19.4. The molecule has 1 unspecified atom stereocenters. The van der Waals surface area contributed by atoms with E-state index in [0.717, 1.165) is 72.7 Å². The lowest BCUT2D eigenvalue weighted by atomic mass is 9.91. The van der Waals surface area contributed by atoms with Crippen molar-refractivity contribution in [3.63, 3.8) is 0 Å². The van der Waals surface area contributed by atoms with Crippen molar-refractivity contribution in [2.45, 2.75) is 26.9 Å². The van der Waals surface area contributed by atoms with Gasteiger partial charge in [0.1, 0.15) is 23.5 Å². The van der Waals surface area contributed by atoms with Crippen LogP contribution >= 0.6 is 0 Å². The average Bonchev–Trinajstić information content (AvgIpc) is 3.48. The summed E-state index contributed by atoms with van der Waals surface area (Å²) in [6.45, 7) is 6.74. The second kappa shape index (κ2) is 10.2. The van der Waals surface area contributed by atoms with E-state index < -0.39 is 0 Å². The second-order valence-electron chi connectivity index (χ2n) is 9.93. The molecule has 9 heteroatoms. The average molecular weight is 538 g/mol. The molecule has 0 radical (unpaired) electrons. The van der Waals surface area contributed by atoms with E-state index in [0.29, 0.717) is 18.7 Å². The van der Waals surface area contributed by atoms with Crippen molar-refractivity contribution in [1.82, 2.24) is 15.5 Å². The highest BCUT2D eigenvalue weighted by atomic mass is 16.5. The fourth-order valence-corrected chi connectivity index (χ4v) is 5.58. The van der Waals surface area contributed by atoms with Crippen LogP contribution in [-0.4, -0.2) is 55.3 Å². The molecule has 0 fully saturated rings. The normalized spacial score (nSPS) is 14.6. The minimum Gasteiger partial charge on any atom is -0.496 e. The molecule has 0 saturated heterocycles. The van der Waals surface area contributed by atoms with E-state index in [1.165, 1.54) is 0 Å². The summed E-state index contributed by atoms with van der Waals surface area (Å²) in [5.74, 6) is 2.20. The van der Waals surface area contributed by atoms with Gasteiger partial charge in [0.2, 0.25) is 0 Å². The molecule has 40 heavy (non-hydrogen) atoms. The molecular weight excluding hydrogens is 506 g/mol. The highest BCUT2D eigenvalue weighted by Gasteiger charge is 2.28. The molecule has 5 aromatic rings. The Labute approximate surface area is 231 Å². The number of benzene rings is 3. The molecule has 2 aromatic heterocycles. The number of hydrogen-bond donors (Lipinski definition) is 3. The summed E-state index contributed by atoms with van der Waals surface area (Å²) in [5, 5.41) is 13.3. The lowest BCUT2D eigenvalue weighted by Crippen LogP contribution is -2.27. The van der Waals surface area contributed by atoms with Gasteiger partial charge in [-0.2, -0.15) is 0 Å². The van der Waals surface area contributed by atoms with Gasteiger partial charge >= 0.3 is 0 Å². The minimum atomic E-state index is -0.157. The third-order valence-corrected chi connectivity index (χ3v) is 7.35. The number of carbonyl (C=O) groups is 1. The number of carbonyl (C=O) groups excluding carboxylic acids is 1. The number of hydrogen-bond acceptors (Lipinski definition) is 7. The molecule has 0 saturated carbocycles. The van der Waals surface area contributed by atoms with E-state index in [2.05, 4.69) is 26.8 Å². The number of H-pyrrole nitrogens is 1. The van der Waals surface area contributed by atoms with Gasteiger partial charge in [0.15, 0.2) is 0 Å². The Hall–Kier alpha value is -4.63. The number of amides is 1. The van der Waals surface area contributed by atoms with Gasteiger partial charge in [-0.1, -0.05) is 35.5 Å². The maximum absolute atomic E-state index is 13.0. The number of aryl methyl sites for hydroxylation is 2. The first kappa shape index (κ1) is 25.6. The van der Waals surface area contributed by atoms with Crippen molar-refractivity contribution in [1.29, 1.82) is 0 Å². The van der Waals surface area contributed by atoms with Crippen LogP contribution in [0.2, 0.25) is 0 Å². The monoisotopic (exact) mass is 537 g/mol. The Bertz CT molecular complexity index is 1780. The van der Waals surface area contributed by atoms with E-state index in [1.54, 1.807) is 14.2 Å². The van der Waals surface area contributed by atoms with Crippen molar-refractivity contribution < 1.29 is 18.8 Å². The first-order valence-electron chi connectivity index (χ1n) is 13.2. The maximum Gasteiger partial charge on any atom is 0.251 e. The predicted molar refractivity (Wildman–Crippen MR) is 157 cm³/mol. The van der Waals surface area contributed by atoms with Crippen molar-refractivity contribution in [3.8, 4) is 16.9 Å². The van der Waals surface area contributed by atoms with E-state index in [9.17, 15) is 4.79 Å². The Morgan fingerprint density at radius 1 is 1.02 bits per heavy atom. The summed E-state index contributed by atoms with van der Waals surface area (Å²) in [4.78, 5) is 21.6. The summed E-state index contributed by atoms with van der Waals surface area (Å²) in [5.41, 5.74) is 6.95. The number of aromatic nitrogens is 2. The number of aromatic amines is 1. The topological polar surface area (TPSA) is 114 Å². The fraction of sp³-hybridized carbons (Fsp3) is 0.258. The Morgan fingerprint density at radius 3 is 2.55 bits per heavy atom. The van der Waals surface area contributed by atoms with Crippen LogP contribution in [0.1, 0.15) is 39.9 Å². The number of fused-ring (bicyclic) bond motifs is 4. The Balaban J connectivity index is 1.52. The fourth-order valence-electron chi connectivity index (χ4n) is 5.58. The Kier molecular flexibility index (Phi) is 6.51. The third-order valence-electron chi connectivity index (χ3n) is 7.35. The van der Waals surface area contributed by atoms with Crippen LogP contribution in [0.4, 0.5) is 5.82 Å². The first-order valence-corrected chi connectivity index (χ1v) is 13.2. The van der Waals surface area contributed by atoms with Crippen LogP contribution in [-0.2, 0) is 4.74 Å². The molecule has 0 bridgehead atoms. The summed E-state index contributed by atoms with van der Waals surface area (Å²) in [6.07, 6.45) is -0.157. The zero-order chi connectivity index (χ0) is 28.0. The van der Waals surface area contributed by atoms with Crippen molar-refractivity contribution in [2.75, 3.05) is 32.7 Å². The van der Waals surface area contributed by atoms with Gasteiger partial charge in [-0.25, -0.2) is 0 Å².